The molecule has 0 spiro atoms. The average molecular weight is 468 g/mol. The molecule has 0 aromatic carbocycles. The Bertz CT molecular complexity index is 876. The maximum absolute atomic E-state index is 13.2. The summed E-state index contributed by atoms with van der Waals surface area (Å²) >= 11 is 2.76. The molecule has 2 aliphatic rings. The first-order chi connectivity index (χ1) is 13.2. The number of primary sulfonamides is 1. The van der Waals surface area contributed by atoms with Gasteiger partial charge in [-0.05, 0) is 44.8 Å². The first-order valence-electron chi connectivity index (χ1n) is 9.67. The quantitative estimate of drug-likeness (QED) is 0.600. The summed E-state index contributed by atoms with van der Waals surface area (Å²) in [4.78, 5) is 2.40. The van der Waals surface area contributed by atoms with Crippen molar-refractivity contribution in [3.05, 3.63) is 11.6 Å². The summed E-state index contributed by atoms with van der Waals surface area (Å²) in [6, 6.07) is 1.29. The fourth-order valence-corrected chi connectivity index (χ4v) is 9.52. The Balaban J connectivity index is 1.79. The summed E-state index contributed by atoms with van der Waals surface area (Å²) in [6.07, 6.45) is 2.82. The molecule has 0 amide bonds. The third kappa shape index (κ3) is 5.11. The van der Waals surface area contributed by atoms with Crippen LogP contribution in [0.1, 0.15) is 44.2 Å². The zero-order valence-electron chi connectivity index (χ0n) is 16.1. The molecule has 1 fully saturated rings. The molecule has 1 aromatic rings. The number of rotatable bonds is 8. The predicted octanol–water partition coefficient (Wildman–Crippen LogP) is 1.81. The van der Waals surface area contributed by atoms with Gasteiger partial charge in [-0.3, -0.25) is 0 Å². The standard InChI is InChI=1S/C17H29N3O4S4/c1-2-5-19-15-11-13(4-3-6-20-7-9-25-10-8-20)27(21,22)17-14(15)12-16(26-17)28(18,23)24/h12-13,15,19H,2-11H2,1H3,(H2,18,23,24). The number of nitrogens with one attached hydrogen (secondary N) is 1. The van der Waals surface area contributed by atoms with Gasteiger partial charge in [0.25, 0.3) is 0 Å². The lowest BCUT2D eigenvalue weighted by molar-refractivity contribution is 0.292. The van der Waals surface area contributed by atoms with Gasteiger partial charge in [0.1, 0.15) is 8.42 Å². The summed E-state index contributed by atoms with van der Waals surface area (Å²) in [5.74, 6) is 2.28. The molecule has 3 N–H and O–H groups in total. The van der Waals surface area contributed by atoms with E-state index in [2.05, 4.69) is 10.2 Å². The zero-order chi connectivity index (χ0) is 20.4. The Hall–Kier alpha value is -0.170. The summed E-state index contributed by atoms with van der Waals surface area (Å²) in [7, 11) is -7.47. The monoisotopic (exact) mass is 467 g/mol. The van der Waals surface area contributed by atoms with Crippen molar-refractivity contribution < 1.29 is 16.8 Å². The minimum absolute atomic E-state index is 0.0733. The summed E-state index contributed by atoms with van der Waals surface area (Å²) in [5.41, 5.74) is 0.562. The number of thioether (sulfide) groups is 1. The van der Waals surface area contributed by atoms with Gasteiger partial charge in [0.15, 0.2) is 9.84 Å². The first kappa shape index (κ1) is 22.5. The topological polar surface area (TPSA) is 110 Å². The second-order valence-electron chi connectivity index (χ2n) is 7.36. The van der Waals surface area contributed by atoms with Crippen LogP contribution in [0.5, 0.6) is 0 Å². The highest BCUT2D eigenvalue weighted by molar-refractivity contribution is 7.99. The first-order valence-corrected chi connectivity index (χ1v) is 14.7. The number of nitrogens with two attached hydrogens (primary N) is 1. The molecular formula is C17H29N3O4S4. The molecule has 2 atom stereocenters. The highest BCUT2D eigenvalue weighted by atomic mass is 32.3. The Morgan fingerprint density at radius 1 is 1.32 bits per heavy atom. The molecule has 1 aromatic heterocycles. The third-order valence-corrected chi connectivity index (χ3v) is 11.6. The molecule has 7 nitrogen and oxygen atoms in total. The third-order valence-electron chi connectivity index (χ3n) is 5.30. The number of nitrogens with zero attached hydrogens (tertiary/aromatic N) is 1. The molecule has 0 radical (unpaired) electrons. The van der Waals surface area contributed by atoms with E-state index in [4.69, 9.17) is 5.14 Å². The van der Waals surface area contributed by atoms with Crippen LogP contribution >= 0.6 is 23.1 Å². The highest BCUT2D eigenvalue weighted by Crippen LogP contribution is 2.43. The highest BCUT2D eigenvalue weighted by Gasteiger charge is 2.41. The van der Waals surface area contributed by atoms with Crippen molar-refractivity contribution in [1.82, 2.24) is 10.2 Å². The molecule has 160 valence electrons. The Kier molecular flexibility index (Phi) is 7.49. The smallest absolute Gasteiger partial charge is 0.247 e. The van der Waals surface area contributed by atoms with Crippen LogP contribution in [-0.4, -0.2) is 64.7 Å². The Labute approximate surface area is 176 Å². The van der Waals surface area contributed by atoms with E-state index in [1.807, 2.05) is 18.7 Å². The van der Waals surface area contributed by atoms with E-state index < -0.39 is 25.1 Å². The van der Waals surface area contributed by atoms with E-state index in [-0.39, 0.29) is 14.5 Å². The van der Waals surface area contributed by atoms with Gasteiger partial charge < -0.3 is 10.2 Å². The second-order valence-corrected chi connectivity index (χ2v) is 13.8. The minimum atomic E-state index is -3.92. The molecule has 0 aliphatic carbocycles. The van der Waals surface area contributed by atoms with Crippen LogP contribution in [0.15, 0.2) is 14.5 Å². The molecule has 3 heterocycles. The van der Waals surface area contributed by atoms with Crippen LogP contribution in [0.25, 0.3) is 0 Å². The Morgan fingerprint density at radius 3 is 2.68 bits per heavy atom. The van der Waals surface area contributed by atoms with E-state index in [0.29, 0.717) is 18.4 Å². The second kappa shape index (κ2) is 9.32. The van der Waals surface area contributed by atoms with E-state index in [1.165, 1.54) is 6.07 Å². The predicted molar refractivity (Wildman–Crippen MR) is 115 cm³/mol. The van der Waals surface area contributed by atoms with Gasteiger partial charge >= 0.3 is 0 Å². The maximum atomic E-state index is 13.2. The number of fused-ring (bicyclic) bond motifs is 1. The summed E-state index contributed by atoms with van der Waals surface area (Å²) < 4.78 is 50.0. The van der Waals surface area contributed by atoms with Crippen molar-refractivity contribution >= 4 is 43.0 Å². The van der Waals surface area contributed by atoms with Crippen LogP contribution in [0, 0.1) is 0 Å². The van der Waals surface area contributed by atoms with Crippen LogP contribution in [-0.2, 0) is 19.9 Å². The van der Waals surface area contributed by atoms with Crippen molar-refractivity contribution in [3.63, 3.8) is 0 Å². The van der Waals surface area contributed by atoms with Gasteiger partial charge in [0.05, 0.1) is 5.25 Å². The molecule has 11 heteroatoms. The molecule has 2 unspecified atom stereocenters. The Morgan fingerprint density at radius 2 is 2.04 bits per heavy atom. The van der Waals surface area contributed by atoms with Crippen LogP contribution < -0.4 is 10.5 Å². The SMILES string of the molecule is CCCNC1CC(CCCN2CCSCC2)S(=O)(=O)c2sc(S(N)(=O)=O)cc21. The minimum Gasteiger partial charge on any atom is -0.310 e. The van der Waals surface area contributed by atoms with Crippen LogP contribution in [0.2, 0.25) is 0 Å². The van der Waals surface area contributed by atoms with Crippen LogP contribution in [0.4, 0.5) is 0 Å². The lowest BCUT2D eigenvalue weighted by Gasteiger charge is -2.31. The molecular weight excluding hydrogens is 438 g/mol. The lowest BCUT2D eigenvalue weighted by atomic mass is 10.0. The number of sulfone groups is 1. The van der Waals surface area contributed by atoms with Gasteiger partial charge in [-0.2, -0.15) is 11.8 Å². The number of sulfonamides is 1. The fourth-order valence-electron chi connectivity index (χ4n) is 3.79. The van der Waals surface area contributed by atoms with Crippen molar-refractivity contribution in [2.75, 3.05) is 37.7 Å². The van der Waals surface area contributed by atoms with Gasteiger partial charge in [0.2, 0.25) is 10.0 Å². The number of hydrogen-bond acceptors (Lipinski definition) is 8. The normalized spacial score (nSPS) is 25.5. The molecule has 28 heavy (non-hydrogen) atoms. The van der Waals surface area contributed by atoms with Crippen molar-refractivity contribution in [2.24, 2.45) is 5.14 Å². The molecule has 1 saturated heterocycles. The van der Waals surface area contributed by atoms with Crippen molar-refractivity contribution in [1.29, 1.82) is 0 Å². The zero-order valence-corrected chi connectivity index (χ0v) is 19.4. The molecule has 0 saturated carbocycles. The lowest BCUT2D eigenvalue weighted by Crippen LogP contribution is -2.37. The maximum Gasteiger partial charge on any atom is 0.247 e. The van der Waals surface area contributed by atoms with E-state index in [1.54, 1.807) is 0 Å². The van der Waals surface area contributed by atoms with E-state index in [0.717, 1.165) is 61.9 Å². The largest absolute Gasteiger partial charge is 0.310 e. The van der Waals surface area contributed by atoms with Crippen molar-refractivity contribution in [2.45, 2.75) is 52.3 Å². The van der Waals surface area contributed by atoms with Gasteiger partial charge in [-0.25, -0.2) is 22.0 Å². The van der Waals surface area contributed by atoms with Gasteiger partial charge in [-0.15, -0.1) is 11.3 Å². The molecule has 0 bridgehead atoms. The van der Waals surface area contributed by atoms with Gasteiger partial charge in [0, 0.05) is 36.2 Å². The molecule has 3 rings (SSSR count). The average Bonchev–Trinajstić information content (AvgIpc) is 3.11. The number of hydrogen-bond donors (Lipinski definition) is 2. The fraction of sp³-hybridized carbons (Fsp3) is 0.765. The summed E-state index contributed by atoms with van der Waals surface area (Å²) in [6.45, 7) is 5.85. The van der Waals surface area contributed by atoms with Gasteiger partial charge in [-0.1, -0.05) is 6.92 Å². The van der Waals surface area contributed by atoms with E-state index >= 15 is 0 Å². The molecule has 2 aliphatic heterocycles. The number of thiophene rings is 1. The van der Waals surface area contributed by atoms with E-state index in [9.17, 15) is 16.8 Å². The van der Waals surface area contributed by atoms with Crippen molar-refractivity contribution in [3.8, 4) is 0 Å². The summed E-state index contributed by atoms with van der Waals surface area (Å²) in [5, 5.41) is 8.17. The van der Waals surface area contributed by atoms with Crippen LogP contribution in [0.3, 0.4) is 0 Å².